The van der Waals surface area contributed by atoms with Gasteiger partial charge in [-0.05, 0) is 62.6 Å². The van der Waals surface area contributed by atoms with Gasteiger partial charge in [-0.25, -0.2) is 4.98 Å². The monoisotopic (exact) mass is 437 g/mol. The first-order valence-corrected chi connectivity index (χ1v) is 11.5. The second-order valence-electron chi connectivity index (χ2n) is 8.13. The highest BCUT2D eigenvalue weighted by molar-refractivity contribution is 6.30. The van der Waals surface area contributed by atoms with Crippen LogP contribution in [0.2, 0.25) is 5.02 Å². The lowest BCUT2D eigenvalue weighted by molar-refractivity contribution is -0.138. The molecule has 5 nitrogen and oxygen atoms in total. The number of hydrogen-bond acceptors (Lipinski definition) is 3. The van der Waals surface area contributed by atoms with Crippen LogP contribution in [0.1, 0.15) is 57.8 Å². The summed E-state index contributed by atoms with van der Waals surface area (Å²) in [5, 5.41) is 1.16. The summed E-state index contributed by atoms with van der Waals surface area (Å²) in [6.45, 7) is 4.63. The van der Waals surface area contributed by atoms with E-state index in [0.29, 0.717) is 40.4 Å². The van der Waals surface area contributed by atoms with Crippen LogP contribution in [-0.4, -0.2) is 26.9 Å². The third kappa shape index (κ3) is 4.11. The molecule has 2 aromatic carbocycles. The van der Waals surface area contributed by atoms with Crippen molar-refractivity contribution in [3.63, 3.8) is 0 Å². The van der Waals surface area contributed by atoms with Crippen LogP contribution in [-0.2, 0) is 4.79 Å². The first-order valence-electron chi connectivity index (χ1n) is 11.1. The molecule has 1 amide bonds. The average Bonchev–Trinajstić information content (AvgIpc) is 3.33. The Labute approximate surface area is 187 Å². The van der Waals surface area contributed by atoms with E-state index in [1.165, 1.54) is 0 Å². The summed E-state index contributed by atoms with van der Waals surface area (Å²) in [7, 11) is 0. The lowest BCUT2D eigenvalue weighted by Gasteiger charge is -2.33. The molecule has 4 rings (SSSR count). The molecule has 0 saturated heterocycles. The Morgan fingerprint density at radius 2 is 1.81 bits per heavy atom. The molecule has 6 heteroatoms. The molecular formula is C25H28ClN3O2. The van der Waals surface area contributed by atoms with Crippen LogP contribution in [0.4, 0.5) is 0 Å². The van der Waals surface area contributed by atoms with Gasteiger partial charge in [-0.3, -0.25) is 14.2 Å². The summed E-state index contributed by atoms with van der Waals surface area (Å²) in [5.41, 5.74) is 1.21. The van der Waals surface area contributed by atoms with Gasteiger partial charge in [0, 0.05) is 17.5 Å². The van der Waals surface area contributed by atoms with Crippen molar-refractivity contribution < 1.29 is 4.79 Å². The molecule has 1 unspecified atom stereocenters. The van der Waals surface area contributed by atoms with Crippen molar-refractivity contribution in [3.05, 3.63) is 69.7 Å². The molecule has 0 N–H and O–H groups in total. The Morgan fingerprint density at radius 3 is 2.45 bits per heavy atom. The topological polar surface area (TPSA) is 55.2 Å². The van der Waals surface area contributed by atoms with Gasteiger partial charge in [0.25, 0.3) is 5.56 Å². The Bertz CT molecular complexity index is 1130. The highest BCUT2D eigenvalue weighted by atomic mass is 35.5. The highest BCUT2D eigenvalue weighted by Gasteiger charge is 2.33. The van der Waals surface area contributed by atoms with Gasteiger partial charge >= 0.3 is 0 Å². The van der Waals surface area contributed by atoms with E-state index < -0.39 is 0 Å². The molecule has 0 aliphatic heterocycles. The normalized spacial score (nSPS) is 15.3. The standard InChI is InChI=1S/C25H28ClN3O2/c1-3-22(28(4-2)24(30)17-9-5-6-10-17)23-27-21-12-8-7-11-20(21)25(31)29(23)19-15-13-18(26)14-16-19/h7-8,11-17,22H,3-6,9-10H2,1-2H3. The summed E-state index contributed by atoms with van der Waals surface area (Å²) < 4.78 is 1.65. The van der Waals surface area contributed by atoms with E-state index in [-0.39, 0.29) is 23.4 Å². The first-order chi connectivity index (χ1) is 15.0. The Balaban J connectivity index is 1.91. The summed E-state index contributed by atoms with van der Waals surface area (Å²) in [4.78, 5) is 33.8. The summed E-state index contributed by atoms with van der Waals surface area (Å²) >= 11 is 6.09. The number of halogens is 1. The molecule has 162 valence electrons. The van der Waals surface area contributed by atoms with E-state index in [1.807, 2.05) is 49.1 Å². The number of hydrogen-bond donors (Lipinski definition) is 0. The summed E-state index contributed by atoms with van der Waals surface area (Å²) in [5.74, 6) is 0.851. The molecular weight excluding hydrogens is 410 g/mol. The number of para-hydroxylation sites is 1. The fourth-order valence-corrected chi connectivity index (χ4v) is 4.82. The van der Waals surface area contributed by atoms with Gasteiger partial charge in [0.1, 0.15) is 5.82 Å². The molecule has 1 atom stereocenters. The van der Waals surface area contributed by atoms with Crippen molar-refractivity contribution in [2.24, 2.45) is 5.92 Å². The number of fused-ring (bicyclic) bond motifs is 1. The molecule has 1 aromatic heterocycles. The van der Waals surface area contributed by atoms with Gasteiger partial charge in [-0.15, -0.1) is 0 Å². The number of nitrogens with zero attached hydrogens (tertiary/aromatic N) is 3. The van der Waals surface area contributed by atoms with E-state index in [9.17, 15) is 9.59 Å². The summed E-state index contributed by atoms with van der Waals surface area (Å²) in [6.07, 6.45) is 4.77. The van der Waals surface area contributed by atoms with Crippen LogP contribution in [0, 0.1) is 5.92 Å². The minimum Gasteiger partial charge on any atom is -0.333 e. The van der Waals surface area contributed by atoms with Gasteiger partial charge in [0.05, 0.1) is 22.6 Å². The maximum absolute atomic E-state index is 13.6. The van der Waals surface area contributed by atoms with Gasteiger partial charge in [0.15, 0.2) is 0 Å². The largest absolute Gasteiger partial charge is 0.333 e. The number of rotatable bonds is 6. The quantitative estimate of drug-likeness (QED) is 0.509. The third-order valence-corrected chi connectivity index (χ3v) is 6.53. The SMILES string of the molecule is CCC(c1nc2ccccc2c(=O)n1-c1ccc(Cl)cc1)N(CC)C(=O)C1CCCC1. The minimum atomic E-state index is -0.286. The second-order valence-corrected chi connectivity index (χ2v) is 8.57. The molecule has 31 heavy (non-hydrogen) atoms. The van der Waals surface area contributed by atoms with Crippen molar-refractivity contribution in [2.75, 3.05) is 6.54 Å². The van der Waals surface area contributed by atoms with Crippen molar-refractivity contribution in [3.8, 4) is 5.69 Å². The van der Waals surface area contributed by atoms with E-state index in [4.69, 9.17) is 16.6 Å². The maximum atomic E-state index is 13.6. The van der Waals surface area contributed by atoms with E-state index in [0.717, 1.165) is 25.7 Å². The van der Waals surface area contributed by atoms with E-state index >= 15 is 0 Å². The minimum absolute atomic E-state index is 0.0742. The zero-order valence-corrected chi connectivity index (χ0v) is 18.8. The molecule has 1 aliphatic rings. The predicted molar refractivity (Wildman–Crippen MR) is 125 cm³/mol. The van der Waals surface area contributed by atoms with Gasteiger partial charge in [0.2, 0.25) is 5.91 Å². The number of aromatic nitrogens is 2. The molecule has 1 saturated carbocycles. The first kappa shape index (κ1) is 21.6. The maximum Gasteiger partial charge on any atom is 0.266 e. The Morgan fingerprint density at radius 1 is 1.13 bits per heavy atom. The summed E-state index contributed by atoms with van der Waals surface area (Å²) in [6, 6.07) is 14.3. The van der Waals surface area contributed by atoms with Crippen molar-refractivity contribution >= 4 is 28.4 Å². The average molecular weight is 438 g/mol. The number of carbonyl (C=O) groups is 1. The van der Waals surface area contributed by atoms with Crippen LogP contribution in [0.15, 0.2) is 53.3 Å². The Hall–Kier alpha value is -2.66. The molecule has 1 aliphatic carbocycles. The fraction of sp³-hybridized carbons (Fsp3) is 0.400. The fourth-order valence-electron chi connectivity index (χ4n) is 4.69. The second kappa shape index (κ2) is 9.23. The smallest absolute Gasteiger partial charge is 0.266 e. The number of benzene rings is 2. The van der Waals surface area contributed by atoms with Gasteiger partial charge in [-0.1, -0.05) is 43.5 Å². The van der Waals surface area contributed by atoms with Crippen molar-refractivity contribution in [1.29, 1.82) is 0 Å². The molecule has 0 bridgehead atoms. The zero-order valence-electron chi connectivity index (χ0n) is 18.1. The van der Waals surface area contributed by atoms with Crippen LogP contribution >= 0.6 is 11.6 Å². The Kier molecular flexibility index (Phi) is 6.42. The predicted octanol–water partition coefficient (Wildman–Crippen LogP) is 5.53. The van der Waals surface area contributed by atoms with Crippen molar-refractivity contribution in [2.45, 2.75) is 52.0 Å². The lowest BCUT2D eigenvalue weighted by atomic mass is 10.0. The number of carbonyl (C=O) groups excluding carboxylic acids is 1. The molecule has 0 radical (unpaired) electrons. The third-order valence-electron chi connectivity index (χ3n) is 6.28. The zero-order chi connectivity index (χ0) is 22.0. The van der Waals surface area contributed by atoms with Crippen LogP contribution in [0.3, 0.4) is 0 Å². The van der Waals surface area contributed by atoms with Gasteiger partial charge < -0.3 is 4.90 Å². The van der Waals surface area contributed by atoms with Crippen LogP contribution in [0.5, 0.6) is 0 Å². The van der Waals surface area contributed by atoms with Gasteiger partial charge in [-0.2, -0.15) is 0 Å². The van der Waals surface area contributed by atoms with E-state index in [2.05, 4.69) is 0 Å². The van der Waals surface area contributed by atoms with E-state index in [1.54, 1.807) is 22.8 Å². The number of amides is 1. The molecule has 1 fully saturated rings. The lowest BCUT2D eigenvalue weighted by Crippen LogP contribution is -2.41. The molecule has 0 spiro atoms. The molecule has 1 heterocycles. The van der Waals surface area contributed by atoms with Crippen LogP contribution in [0.25, 0.3) is 16.6 Å². The van der Waals surface area contributed by atoms with Crippen LogP contribution < -0.4 is 5.56 Å². The highest BCUT2D eigenvalue weighted by Crippen LogP contribution is 2.32. The van der Waals surface area contributed by atoms with Crippen molar-refractivity contribution in [1.82, 2.24) is 14.5 Å². The molecule has 3 aromatic rings.